The summed E-state index contributed by atoms with van der Waals surface area (Å²) in [5.41, 5.74) is 4.90. The van der Waals surface area contributed by atoms with Crippen molar-refractivity contribution in [3.8, 4) is 0 Å². The van der Waals surface area contributed by atoms with Gasteiger partial charge >= 0.3 is 110 Å². The SMILES string of the molecule is [Cl-].[Cl-].c1c[nH][c]([Ti+2][C]2=C3CCC3c3ccccc32)c1. The molecule has 0 aliphatic heterocycles. The normalized spacial score (nSPS) is 18.4. The molecule has 1 saturated carbocycles. The first-order valence-corrected chi connectivity index (χ1v) is 7.72. The number of nitrogens with one attached hydrogen (secondary N) is 1. The Bertz CT molecular complexity index is 604. The van der Waals surface area contributed by atoms with Gasteiger partial charge in [-0.15, -0.1) is 0 Å². The monoisotopic (exact) mass is 325 g/mol. The predicted molar refractivity (Wildman–Crippen MR) is 65.8 cm³/mol. The number of allylic oxidation sites excluding steroid dienone is 1. The molecule has 1 aromatic carbocycles. The van der Waals surface area contributed by atoms with Crippen LogP contribution in [0.4, 0.5) is 0 Å². The van der Waals surface area contributed by atoms with Gasteiger partial charge in [-0.3, -0.25) is 0 Å². The molecule has 4 heteroatoms. The van der Waals surface area contributed by atoms with Gasteiger partial charge in [0.05, 0.1) is 0 Å². The molecule has 0 saturated heterocycles. The summed E-state index contributed by atoms with van der Waals surface area (Å²) >= 11 is -0.168. The first-order chi connectivity index (χ1) is 8.43. The number of benzene rings is 1. The molecule has 0 amide bonds. The van der Waals surface area contributed by atoms with Gasteiger partial charge in [0.15, 0.2) is 0 Å². The zero-order valence-electron chi connectivity index (χ0n) is 10.3. The molecule has 19 heavy (non-hydrogen) atoms. The second-order valence-electron chi connectivity index (χ2n) is 4.79. The molecular formula is C15H13Cl2NTi. The van der Waals surface area contributed by atoms with Gasteiger partial charge in [-0.05, 0) is 0 Å². The molecule has 0 spiro atoms. The predicted octanol–water partition coefficient (Wildman–Crippen LogP) is -2.97. The van der Waals surface area contributed by atoms with Gasteiger partial charge in [0, 0.05) is 0 Å². The molecule has 1 aromatic heterocycles. The Kier molecular flexibility index (Phi) is 4.63. The third-order valence-electron chi connectivity index (χ3n) is 3.91. The van der Waals surface area contributed by atoms with E-state index < -0.39 is 0 Å². The van der Waals surface area contributed by atoms with E-state index in [1.807, 2.05) is 6.20 Å². The molecule has 2 aliphatic carbocycles. The summed E-state index contributed by atoms with van der Waals surface area (Å²) in [6.45, 7) is 0. The van der Waals surface area contributed by atoms with E-state index in [0.717, 1.165) is 5.92 Å². The van der Waals surface area contributed by atoms with Crippen LogP contribution in [0.15, 0.2) is 48.2 Å². The fraction of sp³-hybridized carbons (Fsp3) is 0.200. The van der Waals surface area contributed by atoms with E-state index in [4.69, 9.17) is 0 Å². The second-order valence-corrected chi connectivity index (χ2v) is 6.80. The minimum absolute atomic E-state index is 0. The first kappa shape index (κ1) is 14.9. The standard InChI is InChI=1S/C11H9.C4H4N.2ClH.Ti/c1-2-4-10-8(3-1)7-9-5-6-11(9)10;1-2-4-5-3-1;;;/h1-4,11H,5-6H2;1-3,5H;2*1H;/q;;;;+2/p-2. The zero-order valence-corrected chi connectivity index (χ0v) is 13.4. The van der Waals surface area contributed by atoms with E-state index in [0.29, 0.717) is 0 Å². The number of fused-ring (bicyclic) bond motifs is 3. The van der Waals surface area contributed by atoms with Crippen LogP contribution in [0, 0.1) is 0 Å². The van der Waals surface area contributed by atoms with Crippen LogP contribution in [0.25, 0.3) is 3.88 Å². The average Bonchev–Trinajstić information content (AvgIpc) is 2.86. The van der Waals surface area contributed by atoms with Crippen molar-refractivity contribution in [2.24, 2.45) is 0 Å². The zero-order chi connectivity index (χ0) is 11.2. The summed E-state index contributed by atoms with van der Waals surface area (Å²) in [6, 6.07) is 13.4. The summed E-state index contributed by atoms with van der Waals surface area (Å²) in [5, 5.41) is 0. The van der Waals surface area contributed by atoms with Crippen LogP contribution >= 0.6 is 0 Å². The summed E-state index contributed by atoms with van der Waals surface area (Å²) in [7, 11) is 0. The molecule has 1 heterocycles. The Morgan fingerprint density at radius 1 is 1.05 bits per heavy atom. The molecule has 1 unspecified atom stereocenters. The van der Waals surface area contributed by atoms with Crippen LogP contribution in [0.5, 0.6) is 0 Å². The van der Waals surface area contributed by atoms with E-state index in [1.165, 1.54) is 16.8 Å². The molecule has 1 atom stereocenters. The van der Waals surface area contributed by atoms with Crippen molar-refractivity contribution in [1.29, 1.82) is 0 Å². The molecule has 2 aliphatic rings. The molecule has 1 N–H and O–H groups in total. The van der Waals surface area contributed by atoms with Crippen LogP contribution in [-0.4, -0.2) is 4.98 Å². The number of rotatable bonds is 2. The molecule has 1 nitrogen and oxygen atoms in total. The molecule has 0 radical (unpaired) electrons. The van der Waals surface area contributed by atoms with Gasteiger partial charge in [0.2, 0.25) is 0 Å². The van der Waals surface area contributed by atoms with Crippen molar-refractivity contribution < 1.29 is 44.0 Å². The Balaban J connectivity index is 0.000000667. The molecular weight excluding hydrogens is 313 g/mol. The van der Waals surface area contributed by atoms with Crippen LogP contribution in [0.1, 0.15) is 29.9 Å². The fourth-order valence-electron chi connectivity index (χ4n) is 2.97. The van der Waals surface area contributed by atoms with Gasteiger partial charge in [-0.1, -0.05) is 0 Å². The Morgan fingerprint density at radius 3 is 2.58 bits per heavy atom. The van der Waals surface area contributed by atoms with Crippen LogP contribution < -0.4 is 28.8 Å². The van der Waals surface area contributed by atoms with Crippen molar-refractivity contribution >= 4 is 7.88 Å². The van der Waals surface area contributed by atoms with Gasteiger partial charge in [-0.2, -0.15) is 0 Å². The number of aromatic nitrogens is 1. The van der Waals surface area contributed by atoms with Crippen LogP contribution in [0.3, 0.4) is 0 Å². The van der Waals surface area contributed by atoms with Crippen molar-refractivity contribution in [3.63, 3.8) is 0 Å². The Hall–Kier alpha value is -0.466. The summed E-state index contributed by atoms with van der Waals surface area (Å²) in [6.07, 6.45) is 4.74. The van der Waals surface area contributed by atoms with Gasteiger partial charge in [0.25, 0.3) is 0 Å². The van der Waals surface area contributed by atoms with Crippen molar-refractivity contribution in [2.75, 3.05) is 0 Å². The summed E-state index contributed by atoms with van der Waals surface area (Å²) in [5.74, 6) is 0.778. The molecule has 96 valence electrons. The quantitative estimate of drug-likeness (QED) is 0.568. The number of hydrogen-bond donors (Lipinski definition) is 1. The van der Waals surface area contributed by atoms with E-state index >= 15 is 0 Å². The molecule has 4 rings (SSSR count). The first-order valence-electron chi connectivity index (χ1n) is 6.16. The van der Waals surface area contributed by atoms with Gasteiger partial charge in [0.1, 0.15) is 0 Å². The number of hydrogen-bond acceptors (Lipinski definition) is 0. The summed E-state index contributed by atoms with van der Waals surface area (Å²) in [4.78, 5) is 3.38. The van der Waals surface area contributed by atoms with Crippen molar-refractivity contribution in [2.45, 2.75) is 18.8 Å². The van der Waals surface area contributed by atoms with Crippen molar-refractivity contribution in [3.05, 3.63) is 59.3 Å². The third-order valence-corrected chi connectivity index (χ3v) is 6.13. The Morgan fingerprint density at radius 2 is 1.89 bits per heavy atom. The fourth-order valence-corrected chi connectivity index (χ4v) is 5.19. The molecule has 1 fully saturated rings. The van der Waals surface area contributed by atoms with E-state index in [9.17, 15) is 0 Å². The van der Waals surface area contributed by atoms with E-state index in [-0.39, 0.29) is 44.0 Å². The van der Waals surface area contributed by atoms with Gasteiger partial charge < -0.3 is 24.8 Å². The Labute approximate surface area is 134 Å². The van der Waals surface area contributed by atoms with Gasteiger partial charge in [-0.25, -0.2) is 0 Å². The van der Waals surface area contributed by atoms with E-state index in [1.54, 1.807) is 20.6 Å². The maximum atomic E-state index is 3.38. The average molecular weight is 326 g/mol. The maximum absolute atomic E-state index is 3.38. The van der Waals surface area contributed by atoms with E-state index in [2.05, 4.69) is 41.4 Å². The number of aromatic amines is 1. The number of halogens is 2. The number of H-pyrrole nitrogens is 1. The minimum atomic E-state index is -0.168. The van der Waals surface area contributed by atoms with Crippen LogP contribution in [0.2, 0.25) is 0 Å². The second kappa shape index (κ2) is 5.89. The summed E-state index contributed by atoms with van der Waals surface area (Å²) < 4.78 is 3.16. The van der Waals surface area contributed by atoms with Crippen molar-refractivity contribution in [1.82, 2.24) is 4.98 Å². The molecule has 2 aromatic rings. The third kappa shape index (κ3) is 2.34. The molecule has 0 bridgehead atoms. The topological polar surface area (TPSA) is 15.8 Å². The van der Waals surface area contributed by atoms with Crippen LogP contribution in [-0.2, 0) is 19.2 Å².